The van der Waals surface area contributed by atoms with Crippen molar-refractivity contribution in [2.45, 2.75) is 65.2 Å². The molecule has 8 heteroatoms. The summed E-state index contributed by atoms with van der Waals surface area (Å²) in [7, 11) is 0. The highest BCUT2D eigenvalue weighted by Crippen LogP contribution is 2.20. The molecule has 2 N–H and O–H groups in total. The second kappa shape index (κ2) is 16.3. The molecule has 2 amide bonds. The molecule has 42 heavy (non-hydrogen) atoms. The van der Waals surface area contributed by atoms with E-state index in [4.69, 9.17) is 9.47 Å². The summed E-state index contributed by atoms with van der Waals surface area (Å²) in [4.78, 5) is 52.3. The highest BCUT2D eigenvalue weighted by atomic mass is 16.6. The van der Waals surface area contributed by atoms with E-state index in [9.17, 15) is 19.2 Å². The summed E-state index contributed by atoms with van der Waals surface area (Å²) in [5.74, 6) is -2.98. The van der Waals surface area contributed by atoms with Crippen LogP contribution in [0.3, 0.4) is 0 Å². The number of nitrogens with one attached hydrogen (secondary N) is 2. The van der Waals surface area contributed by atoms with Crippen LogP contribution in [0, 0.1) is 17.8 Å². The first-order valence-corrected chi connectivity index (χ1v) is 14.5. The Morgan fingerprint density at radius 2 is 1.57 bits per heavy atom. The Labute approximate surface area is 248 Å². The van der Waals surface area contributed by atoms with Crippen molar-refractivity contribution in [3.05, 3.63) is 90.0 Å². The van der Waals surface area contributed by atoms with Crippen molar-refractivity contribution in [2.75, 3.05) is 6.54 Å². The molecule has 0 radical (unpaired) electrons. The number of hydrogen-bond donors (Lipinski definition) is 2. The van der Waals surface area contributed by atoms with E-state index in [1.807, 2.05) is 93.6 Å². The first-order valence-electron chi connectivity index (χ1n) is 14.5. The first kappa shape index (κ1) is 32.3. The largest absolute Gasteiger partial charge is 0.459 e. The van der Waals surface area contributed by atoms with E-state index < -0.39 is 47.9 Å². The van der Waals surface area contributed by atoms with Gasteiger partial charge >= 0.3 is 11.9 Å². The molecular weight excluding hydrogens is 532 g/mol. The zero-order valence-corrected chi connectivity index (χ0v) is 24.8. The molecule has 0 bridgehead atoms. The monoisotopic (exact) mass is 574 g/mol. The third kappa shape index (κ3) is 10.7. The highest BCUT2D eigenvalue weighted by Gasteiger charge is 2.31. The van der Waals surface area contributed by atoms with Crippen molar-refractivity contribution in [1.82, 2.24) is 10.6 Å². The maximum atomic E-state index is 13.3. The Hall–Kier alpha value is -4.20. The fraction of sp³-hybridized carbons (Fsp3) is 0.412. The van der Waals surface area contributed by atoms with Gasteiger partial charge in [0.05, 0.1) is 5.92 Å². The van der Waals surface area contributed by atoms with E-state index in [1.165, 1.54) is 6.08 Å². The standard InChI is InChI=1S/C34H42N2O6/c1-23(2)20-30-34(40)41-29(24(3)18-19-26-12-7-5-8-13-26)16-11-17-31(37)36-28(21-27-14-9-6-10-15-27)32(38)35-22-25(4)33(39)42-30/h5-15,17-19,23-25,28-30H,16,20-22H2,1-4H3,(H,35,38)(H,36,37)/b17-11+,19-18+/t24-,25-,28-,29+,30+/m1/s1. The molecule has 1 heterocycles. The maximum Gasteiger partial charge on any atom is 0.347 e. The summed E-state index contributed by atoms with van der Waals surface area (Å²) in [6.45, 7) is 7.40. The predicted octanol–water partition coefficient (Wildman–Crippen LogP) is 4.65. The van der Waals surface area contributed by atoms with Crippen LogP contribution in [-0.2, 0) is 35.1 Å². The van der Waals surface area contributed by atoms with Crippen LogP contribution in [0.15, 0.2) is 78.9 Å². The topological polar surface area (TPSA) is 111 Å². The van der Waals surface area contributed by atoms with Crippen LogP contribution in [0.5, 0.6) is 0 Å². The number of amides is 2. The SMILES string of the molecule is CC(C)C[C@@H]1OC(=O)[C@H](C)CNC(=O)[C@@H](Cc2ccccc2)NC(=O)/C=C/C[C@@H]([C@H](C)/C=C/c2ccccc2)OC1=O. The first-order chi connectivity index (χ1) is 20.1. The molecule has 1 aliphatic heterocycles. The average molecular weight is 575 g/mol. The van der Waals surface area contributed by atoms with Crippen LogP contribution in [-0.4, -0.2) is 48.5 Å². The third-order valence-corrected chi connectivity index (χ3v) is 6.99. The van der Waals surface area contributed by atoms with Crippen LogP contribution in [0.2, 0.25) is 0 Å². The second-order valence-electron chi connectivity index (χ2n) is 11.2. The van der Waals surface area contributed by atoms with Crippen LogP contribution in [0.25, 0.3) is 6.08 Å². The number of rotatable bonds is 7. The maximum absolute atomic E-state index is 13.3. The molecule has 2 aromatic rings. The lowest BCUT2D eigenvalue weighted by Crippen LogP contribution is -2.49. The van der Waals surface area contributed by atoms with Crippen molar-refractivity contribution >= 4 is 29.8 Å². The number of hydrogen-bond acceptors (Lipinski definition) is 6. The van der Waals surface area contributed by atoms with Gasteiger partial charge in [-0.3, -0.25) is 14.4 Å². The average Bonchev–Trinajstić information content (AvgIpc) is 2.97. The lowest BCUT2D eigenvalue weighted by atomic mass is 9.99. The van der Waals surface area contributed by atoms with Crippen molar-refractivity contribution in [3.8, 4) is 0 Å². The Kier molecular flexibility index (Phi) is 12.5. The summed E-state index contributed by atoms with van der Waals surface area (Å²) in [5.41, 5.74) is 1.88. The van der Waals surface area contributed by atoms with Crippen molar-refractivity contribution < 1.29 is 28.7 Å². The van der Waals surface area contributed by atoms with E-state index in [2.05, 4.69) is 10.6 Å². The smallest absolute Gasteiger partial charge is 0.347 e. The van der Waals surface area contributed by atoms with Gasteiger partial charge in [-0.15, -0.1) is 0 Å². The van der Waals surface area contributed by atoms with Gasteiger partial charge in [-0.25, -0.2) is 4.79 Å². The Bertz CT molecular complexity index is 1240. The summed E-state index contributed by atoms with van der Waals surface area (Å²) in [5, 5.41) is 5.53. The van der Waals surface area contributed by atoms with Gasteiger partial charge in [0.15, 0.2) is 6.10 Å². The normalized spacial score (nSPS) is 24.4. The summed E-state index contributed by atoms with van der Waals surface area (Å²) in [6, 6.07) is 18.3. The van der Waals surface area contributed by atoms with Gasteiger partial charge in [0, 0.05) is 25.3 Å². The van der Waals surface area contributed by atoms with Crippen LogP contribution < -0.4 is 10.6 Å². The molecule has 1 aliphatic rings. The Morgan fingerprint density at radius 3 is 2.24 bits per heavy atom. The molecule has 0 aliphatic carbocycles. The minimum atomic E-state index is -1.09. The summed E-state index contributed by atoms with van der Waals surface area (Å²) >= 11 is 0. The molecule has 8 nitrogen and oxygen atoms in total. The van der Waals surface area contributed by atoms with E-state index in [-0.39, 0.29) is 31.2 Å². The van der Waals surface area contributed by atoms with Gasteiger partial charge in [0.1, 0.15) is 12.1 Å². The van der Waals surface area contributed by atoms with Crippen LogP contribution >= 0.6 is 0 Å². The van der Waals surface area contributed by atoms with Crippen molar-refractivity contribution in [1.29, 1.82) is 0 Å². The van der Waals surface area contributed by atoms with Gasteiger partial charge in [0.2, 0.25) is 11.8 Å². The molecule has 5 atom stereocenters. The summed E-state index contributed by atoms with van der Waals surface area (Å²) in [6.07, 6.45) is 6.01. The molecule has 0 fully saturated rings. The third-order valence-electron chi connectivity index (χ3n) is 6.99. The fourth-order valence-electron chi connectivity index (χ4n) is 4.47. The van der Waals surface area contributed by atoms with E-state index >= 15 is 0 Å². The zero-order valence-electron chi connectivity index (χ0n) is 24.8. The number of ether oxygens (including phenoxy) is 2. The number of carbonyl (C=O) groups is 4. The Morgan fingerprint density at radius 1 is 0.905 bits per heavy atom. The predicted molar refractivity (Wildman–Crippen MR) is 162 cm³/mol. The summed E-state index contributed by atoms with van der Waals surface area (Å²) < 4.78 is 11.6. The minimum absolute atomic E-state index is 0.0119. The molecule has 0 saturated carbocycles. The van der Waals surface area contributed by atoms with Gasteiger partial charge in [-0.1, -0.05) is 107 Å². The van der Waals surface area contributed by atoms with Gasteiger partial charge < -0.3 is 20.1 Å². The number of esters is 2. The van der Waals surface area contributed by atoms with Crippen molar-refractivity contribution in [3.63, 3.8) is 0 Å². The lowest BCUT2D eigenvalue weighted by molar-refractivity contribution is -0.175. The molecule has 224 valence electrons. The van der Waals surface area contributed by atoms with E-state index in [0.29, 0.717) is 6.42 Å². The lowest BCUT2D eigenvalue weighted by Gasteiger charge is -2.26. The second-order valence-corrected chi connectivity index (χ2v) is 11.2. The fourth-order valence-corrected chi connectivity index (χ4v) is 4.47. The number of carbonyl (C=O) groups excluding carboxylic acids is 4. The van der Waals surface area contributed by atoms with Crippen LogP contribution in [0.4, 0.5) is 0 Å². The van der Waals surface area contributed by atoms with Gasteiger partial charge in [-0.2, -0.15) is 0 Å². The molecule has 0 spiro atoms. The molecular formula is C34H42N2O6. The van der Waals surface area contributed by atoms with Crippen molar-refractivity contribution in [2.24, 2.45) is 17.8 Å². The number of cyclic esters (lactones) is 2. The van der Waals surface area contributed by atoms with E-state index in [1.54, 1.807) is 13.0 Å². The Balaban J connectivity index is 1.88. The molecule has 2 aromatic carbocycles. The van der Waals surface area contributed by atoms with E-state index in [0.717, 1.165) is 11.1 Å². The molecule has 3 rings (SSSR count). The van der Waals surface area contributed by atoms with Gasteiger partial charge in [-0.05, 0) is 29.5 Å². The zero-order chi connectivity index (χ0) is 30.5. The quantitative estimate of drug-likeness (QED) is 0.466. The van der Waals surface area contributed by atoms with Crippen LogP contribution in [0.1, 0.15) is 51.7 Å². The number of benzene rings is 2. The molecule has 0 aromatic heterocycles. The minimum Gasteiger partial charge on any atom is -0.459 e. The molecule has 0 saturated heterocycles. The highest BCUT2D eigenvalue weighted by molar-refractivity contribution is 5.93. The molecule has 0 unspecified atom stereocenters. The van der Waals surface area contributed by atoms with Gasteiger partial charge in [0.25, 0.3) is 0 Å².